The molecular weight excluding hydrogens is 296 g/mol. The third-order valence-corrected chi connectivity index (χ3v) is 3.42. The molecule has 0 amide bonds. The van der Waals surface area contributed by atoms with Crippen molar-refractivity contribution in [3.63, 3.8) is 0 Å². The summed E-state index contributed by atoms with van der Waals surface area (Å²) in [5.41, 5.74) is 4.79. The zero-order chi connectivity index (χ0) is 13.1. The molecule has 0 bridgehead atoms. The van der Waals surface area contributed by atoms with Gasteiger partial charge < -0.3 is 4.74 Å². The van der Waals surface area contributed by atoms with Crippen molar-refractivity contribution in [3.05, 3.63) is 46.2 Å². The number of hydrogen-bond donors (Lipinski definition) is 2. The summed E-state index contributed by atoms with van der Waals surface area (Å²) in [4.78, 5) is 0. The number of benzene rings is 1. The lowest BCUT2D eigenvalue weighted by Gasteiger charge is -2.18. The summed E-state index contributed by atoms with van der Waals surface area (Å²) in [5.74, 6) is 6.47. The zero-order valence-electron chi connectivity index (χ0n) is 10.2. The van der Waals surface area contributed by atoms with E-state index in [0.29, 0.717) is 0 Å². The monoisotopic (exact) mass is 310 g/mol. The fourth-order valence-electron chi connectivity index (χ4n) is 1.90. The van der Waals surface area contributed by atoms with E-state index in [2.05, 4.69) is 26.5 Å². The maximum Gasteiger partial charge on any atom is 0.119 e. The van der Waals surface area contributed by atoms with Crippen molar-refractivity contribution < 1.29 is 4.74 Å². The Hall–Kier alpha value is -1.37. The third-order valence-electron chi connectivity index (χ3n) is 2.80. The molecule has 0 saturated heterocycles. The van der Waals surface area contributed by atoms with Gasteiger partial charge in [-0.2, -0.15) is 5.10 Å². The van der Waals surface area contributed by atoms with Crippen LogP contribution in [0, 0.1) is 0 Å². The molecule has 2 aromatic rings. The van der Waals surface area contributed by atoms with Crippen molar-refractivity contribution in [1.82, 2.24) is 15.2 Å². The number of nitrogens with two attached hydrogens (primary N) is 1. The molecule has 5 nitrogen and oxygen atoms in total. The molecule has 1 aromatic carbocycles. The van der Waals surface area contributed by atoms with Crippen molar-refractivity contribution in [2.75, 3.05) is 7.11 Å². The molecule has 18 heavy (non-hydrogen) atoms. The van der Waals surface area contributed by atoms with Crippen LogP contribution in [0.3, 0.4) is 0 Å². The van der Waals surface area contributed by atoms with E-state index in [1.807, 2.05) is 31.3 Å². The topological polar surface area (TPSA) is 65.1 Å². The second-order valence-corrected chi connectivity index (χ2v) is 4.73. The van der Waals surface area contributed by atoms with Crippen molar-refractivity contribution in [2.45, 2.75) is 6.04 Å². The molecule has 0 radical (unpaired) electrons. The molecular formula is C12H15BrN4O. The molecule has 0 fully saturated rings. The van der Waals surface area contributed by atoms with E-state index in [1.165, 1.54) is 0 Å². The normalized spacial score (nSPS) is 12.4. The number of aryl methyl sites for hydroxylation is 1. The smallest absolute Gasteiger partial charge is 0.119 e. The summed E-state index contributed by atoms with van der Waals surface area (Å²) < 4.78 is 7.92. The van der Waals surface area contributed by atoms with Crippen molar-refractivity contribution >= 4 is 15.9 Å². The lowest BCUT2D eigenvalue weighted by Crippen LogP contribution is -2.30. The van der Waals surface area contributed by atoms with Crippen LogP contribution in [0.25, 0.3) is 0 Å². The fraction of sp³-hybridized carbons (Fsp3) is 0.250. The van der Waals surface area contributed by atoms with Gasteiger partial charge in [0, 0.05) is 7.05 Å². The second kappa shape index (κ2) is 5.51. The number of halogens is 1. The summed E-state index contributed by atoms with van der Waals surface area (Å²) in [5, 5.41) is 4.20. The van der Waals surface area contributed by atoms with E-state index in [1.54, 1.807) is 18.0 Å². The van der Waals surface area contributed by atoms with Gasteiger partial charge in [0.25, 0.3) is 0 Å². The first-order valence-electron chi connectivity index (χ1n) is 5.45. The molecule has 0 saturated carbocycles. The van der Waals surface area contributed by atoms with Crippen LogP contribution in [0.5, 0.6) is 5.75 Å². The predicted molar refractivity (Wildman–Crippen MR) is 73.1 cm³/mol. The molecule has 3 N–H and O–H groups in total. The third kappa shape index (κ3) is 2.40. The van der Waals surface area contributed by atoms with Crippen LogP contribution >= 0.6 is 15.9 Å². The summed E-state index contributed by atoms with van der Waals surface area (Å²) in [6.07, 6.45) is 1.75. The van der Waals surface area contributed by atoms with Crippen LogP contribution in [0.2, 0.25) is 0 Å². The van der Waals surface area contributed by atoms with E-state index < -0.39 is 0 Å². The van der Waals surface area contributed by atoms with Gasteiger partial charge in [0.15, 0.2) is 0 Å². The van der Waals surface area contributed by atoms with Gasteiger partial charge in [0.1, 0.15) is 5.75 Å². The van der Waals surface area contributed by atoms with Gasteiger partial charge in [0.2, 0.25) is 0 Å². The van der Waals surface area contributed by atoms with Crippen molar-refractivity contribution in [3.8, 4) is 5.75 Å². The first kappa shape index (κ1) is 13.1. The second-order valence-electron chi connectivity index (χ2n) is 3.88. The number of aromatic nitrogens is 2. The maximum absolute atomic E-state index is 5.67. The number of hydrazine groups is 1. The lowest BCUT2D eigenvalue weighted by atomic mass is 10.0. The molecule has 96 valence electrons. The standard InChI is InChI=1S/C12H15BrN4O/c1-17-12(10(13)7-15-17)11(16-14)8-4-3-5-9(6-8)18-2/h3-7,11,16H,14H2,1-2H3. The van der Waals surface area contributed by atoms with E-state index >= 15 is 0 Å². The van der Waals surface area contributed by atoms with Gasteiger partial charge in [0.05, 0.1) is 29.5 Å². The molecule has 1 aromatic heterocycles. The van der Waals surface area contributed by atoms with E-state index in [4.69, 9.17) is 10.6 Å². The Bertz CT molecular complexity index is 521. The number of ether oxygens (including phenoxy) is 1. The Morgan fingerprint density at radius 2 is 2.28 bits per heavy atom. The predicted octanol–water partition coefficient (Wildman–Crippen LogP) is 1.74. The quantitative estimate of drug-likeness (QED) is 0.667. The SMILES string of the molecule is COc1cccc(C(NN)c2c(Br)cnn2C)c1. The van der Waals surface area contributed by atoms with E-state index in [-0.39, 0.29) is 6.04 Å². The minimum Gasteiger partial charge on any atom is -0.497 e. The van der Waals surface area contributed by atoms with Crippen LogP contribution in [0.1, 0.15) is 17.3 Å². The van der Waals surface area contributed by atoms with Gasteiger partial charge in [-0.25, -0.2) is 5.43 Å². The summed E-state index contributed by atoms with van der Waals surface area (Å²) in [7, 11) is 3.52. The number of nitrogens with zero attached hydrogens (tertiary/aromatic N) is 2. The minimum atomic E-state index is -0.151. The Morgan fingerprint density at radius 1 is 1.50 bits per heavy atom. The Morgan fingerprint density at radius 3 is 2.83 bits per heavy atom. The van der Waals surface area contributed by atoms with Gasteiger partial charge in [-0.15, -0.1) is 0 Å². The minimum absolute atomic E-state index is 0.151. The highest BCUT2D eigenvalue weighted by atomic mass is 79.9. The molecule has 0 aliphatic heterocycles. The lowest BCUT2D eigenvalue weighted by molar-refractivity contribution is 0.413. The van der Waals surface area contributed by atoms with Crippen LogP contribution in [-0.4, -0.2) is 16.9 Å². The summed E-state index contributed by atoms with van der Waals surface area (Å²) in [6, 6.07) is 7.62. The number of nitrogens with one attached hydrogen (secondary N) is 1. The molecule has 0 aliphatic carbocycles. The molecule has 0 aliphatic rings. The van der Waals surface area contributed by atoms with E-state index in [9.17, 15) is 0 Å². The largest absolute Gasteiger partial charge is 0.497 e. The number of methoxy groups -OCH3 is 1. The van der Waals surface area contributed by atoms with Crippen LogP contribution in [0.4, 0.5) is 0 Å². The van der Waals surface area contributed by atoms with Gasteiger partial charge in [-0.1, -0.05) is 12.1 Å². The molecule has 1 unspecified atom stereocenters. The Kier molecular flexibility index (Phi) is 4.00. The first-order chi connectivity index (χ1) is 8.67. The zero-order valence-corrected chi connectivity index (χ0v) is 11.8. The highest BCUT2D eigenvalue weighted by molar-refractivity contribution is 9.10. The summed E-state index contributed by atoms with van der Waals surface area (Å²) in [6.45, 7) is 0. The van der Waals surface area contributed by atoms with Crippen molar-refractivity contribution in [1.29, 1.82) is 0 Å². The Labute approximate surface area is 114 Å². The number of rotatable bonds is 4. The summed E-state index contributed by atoms with van der Waals surface area (Å²) >= 11 is 3.48. The Balaban J connectivity index is 2.45. The van der Waals surface area contributed by atoms with Gasteiger partial charge >= 0.3 is 0 Å². The highest BCUT2D eigenvalue weighted by Gasteiger charge is 2.19. The first-order valence-corrected chi connectivity index (χ1v) is 6.24. The average Bonchev–Trinajstić information content (AvgIpc) is 2.72. The molecule has 1 atom stereocenters. The molecule has 1 heterocycles. The molecule has 2 rings (SSSR count). The number of hydrogen-bond acceptors (Lipinski definition) is 4. The maximum atomic E-state index is 5.67. The van der Waals surface area contributed by atoms with Crippen molar-refractivity contribution in [2.24, 2.45) is 12.9 Å². The van der Waals surface area contributed by atoms with Gasteiger partial charge in [-0.05, 0) is 33.6 Å². The van der Waals surface area contributed by atoms with Crippen LogP contribution < -0.4 is 16.0 Å². The fourth-order valence-corrected chi connectivity index (χ4v) is 2.48. The van der Waals surface area contributed by atoms with Gasteiger partial charge in [-0.3, -0.25) is 10.5 Å². The van der Waals surface area contributed by atoms with E-state index in [0.717, 1.165) is 21.5 Å². The molecule has 0 spiro atoms. The molecule has 6 heteroatoms. The average molecular weight is 311 g/mol. The highest BCUT2D eigenvalue weighted by Crippen LogP contribution is 2.29. The van der Waals surface area contributed by atoms with Crippen LogP contribution in [0.15, 0.2) is 34.9 Å². The van der Waals surface area contributed by atoms with Crippen LogP contribution in [-0.2, 0) is 7.05 Å².